The summed E-state index contributed by atoms with van der Waals surface area (Å²) in [5.74, 6) is -1.08. The smallest absolute Gasteiger partial charge is 0.335 e. The number of carbonyl (C=O) groups excluding carboxylic acids is 1. The molecule has 2 aromatic rings. The fourth-order valence-electron chi connectivity index (χ4n) is 1.92. The van der Waals surface area contributed by atoms with E-state index in [4.69, 9.17) is 16.7 Å². The van der Waals surface area contributed by atoms with E-state index < -0.39 is 5.97 Å². The molecule has 0 atom stereocenters. The lowest BCUT2D eigenvalue weighted by atomic mass is 10.0. The Hall–Kier alpha value is -1.85. The van der Waals surface area contributed by atoms with Crippen molar-refractivity contribution in [3.63, 3.8) is 0 Å². The van der Waals surface area contributed by atoms with E-state index in [9.17, 15) is 9.59 Å². The number of aromatic carboxylic acids is 1. The van der Waals surface area contributed by atoms with Crippen LogP contribution < -0.4 is 5.32 Å². The lowest BCUT2D eigenvalue weighted by molar-refractivity contribution is -0.121. The Bertz CT molecular complexity index is 654. The molecule has 2 N–H and O–H groups in total. The molecule has 0 unspecified atom stereocenters. The molecule has 0 aliphatic heterocycles. The summed E-state index contributed by atoms with van der Waals surface area (Å²) >= 11 is 7.24. The third-order valence-corrected chi connectivity index (χ3v) is 4.19. The molecule has 0 radical (unpaired) electrons. The molecule has 6 heteroatoms. The second-order valence-electron chi connectivity index (χ2n) is 4.44. The van der Waals surface area contributed by atoms with Crippen molar-refractivity contribution in [2.24, 2.45) is 0 Å². The number of aryl methyl sites for hydroxylation is 1. The topological polar surface area (TPSA) is 66.4 Å². The zero-order valence-corrected chi connectivity index (χ0v) is 12.7. The highest BCUT2D eigenvalue weighted by atomic mass is 35.5. The molecule has 21 heavy (non-hydrogen) atoms. The van der Waals surface area contributed by atoms with Crippen LogP contribution in [-0.2, 0) is 17.8 Å². The van der Waals surface area contributed by atoms with E-state index in [0.29, 0.717) is 22.9 Å². The molecule has 1 aromatic carbocycles. The van der Waals surface area contributed by atoms with Crippen molar-refractivity contribution in [1.82, 2.24) is 5.32 Å². The van der Waals surface area contributed by atoms with Gasteiger partial charge in [-0.2, -0.15) is 0 Å². The SMILES string of the molecule is O=C(CCc1ccccc1C(=O)O)NCc1ccc(Cl)s1. The van der Waals surface area contributed by atoms with Gasteiger partial charge in [-0.15, -0.1) is 11.3 Å². The van der Waals surface area contributed by atoms with E-state index in [2.05, 4.69) is 5.32 Å². The van der Waals surface area contributed by atoms with Gasteiger partial charge in [-0.3, -0.25) is 4.79 Å². The third-order valence-electron chi connectivity index (χ3n) is 2.96. The minimum absolute atomic E-state index is 0.111. The number of benzene rings is 1. The standard InChI is InChI=1S/C15H14ClNO3S/c16-13-7-6-11(21-13)9-17-14(18)8-5-10-3-1-2-4-12(10)15(19)20/h1-4,6-7H,5,8-9H2,(H,17,18)(H,19,20). The molecule has 0 fully saturated rings. The van der Waals surface area contributed by atoms with Crippen LogP contribution in [0.15, 0.2) is 36.4 Å². The molecule has 4 nitrogen and oxygen atoms in total. The van der Waals surface area contributed by atoms with Crippen molar-refractivity contribution in [2.45, 2.75) is 19.4 Å². The van der Waals surface area contributed by atoms with Crippen LogP contribution in [0.2, 0.25) is 4.34 Å². The Morgan fingerprint density at radius 3 is 2.62 bits per heavy atom. The molecule has 0 aliphatic carbocycles. The van der Waals surface area contributed by atoms with Crippen molar-refractivity contribution in [2.75, 3.05) is 0 Å². The van der Waals surface area contributed by atoms with Gasteiger partial charge in [0.2, 0.25) is 5.91 Å². The summed E-state index contributed by atoms with van der Waals surface area (Å²) in [5, 5.41) is 11.9. The van der Waals surface area contributed by atoms with Crippen molar-refractivity contribution in [1.29, 1.82) is 0 Å². The largest absolute Gasteiger partial charge is 0.478 e. The fraction of sp³-hybridized carbons (Fsp3) is 0.200. The van der Waals surface area contributed by atoms with Crippen molar-refractivity contribution in [3.8, 4) is 0 Å². The molecule has 1 amide bonds. The lowest BCUT2D eigenvalue weighted by Gasteiger charge is -2.06. The second kappa shape index (κ2) is 7.24. The first-order valence-corrected chi connectivity index (χ1v) is 7.58. The number of carboxylic acids is 1. The van der Waals surface area contributed by atoms with Crippen LogP contribution in [0.3, 0.4) is 0 Å². The minimum Gasteiger partial charge on any atom is -0.478 e. The molecule has 1 heterocycles. The van der Waals surface area contributed by atoms with Crippen molar-refractivity contribution >= 4 is 34.8 Å². The molecule has 0 saturated carbocycles. The van der Waals surface area contributed by atoms with Gasteiger partial charge in [0.05, 0.1) is 16.4 Å². The van der Waals surface area contributed by atoms with Crippen LogP contribution >= 0.6 is 22.9 Å². The molecule has 1 aromatic heterocycles. The predicted octanol–water partition coefficient (Wildman–Crippen LogP) is 3.35. The molecule has 110 valence electrons. The Kier molecular flexibility index (Phi) is 5.36. The van der Waals surface area contributed by atoms with E-state index in [0.717, 1.165) is 4.88 Å². The van der Waals surface area contributed by atoms with Crippen molar-refractivity contribution < 1.29 is 14.7 Å². The van der Waals surface area contributed by atoms with Gasteiger partial charge in [0.25, 0.3) is 0 Å². The van der Waals surface area contributed by atoms with Crippen LogP contribution in [-0.4, -0.2) is 17.0 Å². The zero-order valence-electron chi connectivity index (χ0n) is 11.1. The maximum absolute atomic E-state index is 11.8. The molecule has 0 spiro atoms. The first kappa shape index (κ1) is 15.5. The van der Waals surface area contributed by atoms with Crippen LogP contribution in [0.5, 0.6) is 0 Å². The van der Waals surface area contributed by atoms with Gasteiger partial charge in [0, 0.05) is 11.3 Å². The number of carboxylic acid groups (broad SMARTS) is 1. The summed E-state index contributed by atoms with van der Waals surface area (Å²) in [6.45, 7) is 0.441. The first-order chi connectivity index (χ1) is 10.1. The highest BCUT2D eigenvalue weighted by Crippen LogP contribution is 2.21. The Balaban J connectivity index is 1.85. The summed E-state index contributed by atoms with van der Waals surface area (Å²) in [7, 11) is 0. The zero-order chi connectivity index (χ0) is 15.2. The average Bonchev–Trinajstić information content (AvgIpc) is 2.88. The highest BCUT2D eigenvalue weighted by molar-refractivity contribution is 7.16. The minimum atomic E-state index is -0.973. The summed E-state index contributed by atoms with van der Waals surface area (Å²) in [6, 6.07) is 10.4. The number of thiophene rings is 1. The third kappa shape index (κ3) is 4.58. The van der Waals surface area contributed by atoms with Crippen molar-refractivity contribution in [3.05, 3.63) is 56.7 Å². The van der Waals surface area contributed by atoms with Gasteiger partial charge in [0.1, 0.15) is 0 Å². The van der Waals surface area contributed by atoms with Gasteiger partial charge < -0.3 is 10.4 Å². The number of nitrogens with one attached hydrogen (secondary N) is 1. The maximum Gasteiger partial charge on any atom is 0.335 e. The lowest BCUT2D eigenvalue weighted by Crippen LogP contribution is -2.22. The van der Waals surface area contributed by atoms with Crippen LogP contribution in [0.25, 0.3) is 0 Å². The number of amides is 1. The molecule has 0 bridgehead atoms. The Morgan fingerprint density at radius 2 is 1.95 bits per heavy atom. The van der Waals surface area contributed by atoms with Gasteiger partial charge in [-0.25, -0.2) is 4.79 Å². The van der Waals surface area contributed by atoms with Crippen LogP contribution in [0, 0.1) is 0 Å². The van der Waals surface area contributed by atoms with E-state index in [1.54, 1.807) is 30.3 Å². The average molecular weight is 324 g/mol. The number of hydrogen-bond donors (Lipinski definition) is 2. The van der Waals surface area contributed by atoms with Gasteiger partial charge in [0.15, 0.2) is 0 Å². The van der Waals surface area contributed by atoms with E-state index >= 15 is 0 Å². The Labute approximate surface area is 131 Å². The monoisotopic (exact) mass is 323 g/mol. The Morgan fingerprint density at radius 1 is 1.19 bits per heavy atom. The number of hydrogen-bond acceptors (Lipinski definition) is 3. The van der Waals surface area contributed by atoms with Gasteiger partial charge >= 0.3 is 5.97 Å². The normalized spacial score (nSPS) is 10.3. The van der Waals surface area contributed by atoms with E-state index in [-0.39, 0.29) is 17.9 Å². The first-order valence-electron chi connectivity index (χ1n) is 6.38. The maximum atomic E-state index is 11.8. The predicted molar refractivity (Wildman–Crippen MR) is 82.9 cm³/mol. The molecule has 0 saturated heterocycles. The summed E-state index contributed by atoms with van der Waals surface area (Å²) in [5.41, 5.74) is 0.912. The molecule has 2 rings (SSSR count). The van der Waals surface area contributed by atoms with Crippen LogP contribution in [0.4, 0.5) is 0 Å². The number of rotatable bonds is 6. The fourth-order valence-corrected chi connectivity index (χ4v) is 2.94. The van der Waals surface area contributed by atoms with Crippen LogP contribution in [0.1, 0.15) is 27.2 Å². The molecular weight excluding hydrogens is 310 g/mol. The number of halogens is 1. The summed E-state index contributed by atoms with van der Waals surface area (Å²) < 4.78 is 0.689. The molecular formula is C15H14ClNO3S. The van der Waals surface area contributed by atoms with Gasteiger partial charge in [-0.1, -0.05) is 29.8 Å². The molecule has 0 aliphatic rings. The second-order valence-corrected chi connectivity index (χ2v) is 6.24. The van der Waals surface area contributed by atoms with E-state index in [1.807, 2.05) is 6.07 Å². The highest BCUT2D eigenvalue weighted by Gasteiger charge is 2.10. The quantitative estimate of drug-likeness (QED) is 0.856. The summed E-state index contributed by atoms with van der Waals surface area (Å²) in [4.78, 5) is 23.8. The summed E-state index contributed by atoms with van der Waals surface area (Å²) in [6.07, 6.45) is 0.656. The number of carbonyl (C=O) groups is 2. The van der Waals surface area contributed by atoms with Gasteiger partial charge in [-0.05, 0) is 30.2 Å². The van der Waals surface area contributed by atoms with E-state index in [1.165, 1.54) is 11.3 Å².